The van der Waals surface area contributed by atoms with Gasteiger partial charge in [-0.25, -0.2) is 9.18 Å². The Labute approximate surface area is 141 Å². The van der Waals surface area contributed by atoms with E-state index in [0.717, 1.165) is 31.9 Å². The summed E-state index contributed by atoms with van der Waals surface area (Å²) < 4.78 is 17.6. The van der Waals surface area contributed by atoms with E-state index in [1.165, 1.54) is 19.2 Å². The zero-order valence-corrected chi connectivity index (χ0v) is 14.3. The molecule has 0 spiro atoms. The Morgan fingerprint density at radius 3 is 2.25 bits per heavy atom. The van der Waals surface area contributed by atoms with Gasteiger partial charge < -0.3 is 15.0 Å². The van der Waals surface area contributed by atoms with Crippen LogP contribution in [-0.2, 0) is 14.3 Å². The Balaban J connectivity index is 1.85. The molecule has 1 saturated heterocycles. The van der Waals surface area contributed by atoms with Crippen LogP contribution < -0.4 is 10.2 Å². The van der Waals surface area contributed by atoms with E-state index in [9.17, 15) is 14.0 Å². The number of amides is 1. The Morgan fingerprint density at radius 2 is 1.71 bits per heavy atom. The molecule has 1 heterocycles. The summed E-state index contributed by atoms with van der Waals surface area (Å²) in [5.41, 5.74) is 0.979. The number of benzene rings is 1. The minimum absolute atomic E-state index is 0.192. The van der Waals surface area contributed by atoms with Gasteiger partial charge in [0.25, 0.3) is 0 Å². The first-order valence-electron chi connectivity index (χ1n) is 8.05. The molecule has 7 heteroatoms. The fourth-order valence-corrected chi connectivity index (χ4v) is 2.75. The molecule has 0 bridgehead atoms. The van der Waals surface area contributed by atoms with Gasteiger partial charge in [0.05, 0.1) is 13.2 Å². The lowest BCUT2D eigenvalue weighted by Crippen LogP contribution is -2.55. The van der Waals surface area contributed by atoms with Gasteiger partial charge >= 0.3 is 5.97 Å². The molecule has 1 aliphatic heterocycles. The highest BCUT2D eigenvalue weighted by molar-refractivity contribution is 5.87. The second-order valence-corrected chi connectivity index (χ2v) is 5.93. The Kier molecular flexibility index (Phi) is 6.14. The molecule has 1 aliphatic rings. The zero-order chi connectivity index (χ0) is 17.7. The highest BCUT2D eigenvalue weighted by Gasteiger charge is 2.27. The van der Waals surface area contributed by atoms with Crippen molar-refractivity contribution in [2.45, 2.75) is 25.9 Å². The summed E-state index contributed by atoms with van der Waals surface area (Å²) in [6, 6.07) is 5.44. The van der Waals surface area contributed by atoms with E-state index in [0.29, 0.717) is 0 Å². The smallest absolute Gasteiger partial charge is 0.328 e. The number of hydrogen-bond acceptors (Lipinski definition) is 5. The number of hydrogen-bond donors (Lipinski definition) is 1. The van der Waals surface area contributed by atoms with Gasteiger partial charge in [0, 0.05) is 31.9 Å². The van der Waals surface area contributed by atoms with Crippen LogP contribution in [0.4, 0.5) is 10.1 Å². The summed E-state index contributed by atoms with van der Waals surface area (Å²) >= 11 is 0. The van der Waals surface area contributed by atoms with Crippen molar-refractivity contribution in [2.24, 2.45) is 0 Å². The maximum absolute atomic E-state index is 13.0. The van der Waals surface area contributed by atoms with Crippen LogP contribution in [0.3, 0.4) is 0 Å². The molecule has 1 aromatic carbocycles. The lowest BCUT2D eigenvalue weighted by Gasteiger charge is -2.38. The quantitative estimate of drug-likeness (QED) is 0.813. The number of anilines is 1. The third-order valence-corrected chi connectivity index (χ3v) is 4.35. The molecule has 1 unspecified atom stereocenters. The standard InChI is InChI=1S/C17H24FN3O3/c1-12(17(23)24-3)19-16(22)13(2)20-8-10-21(11-9-20)15-6-4-14(18)5-7-15/h4-7,12-13H,8-11H2,1-3H3,(H,19,22)/t12-,13?/m1/s1. The third kappa shape index (κ3) is 4.44. The Hall–Kier alpha value is -2.15. The number of carbonyl (C=O) groups is 2. The summed E-state index contributed by atoms with van der Waals surface area (Å²) in [6.07, 6.45) is 0. The molecule has 0 saturated carbocycles. The molecule has 1 N–H and O–H groups in total. The van der Waals surface area contributed by atoms with Gasteiger partial charge in [0.1, 0.15) is 11.9 Å². The van der Waals surface area contributed by atoms with Crippen LogP contribution in [0, 0.1) is 5.82 Å². The fraction of sp³-hybridized carbons (Fsp3) is 0.529. The molecule has 1 fully saturated rings. The lowest BCUT2D eigenvalue weighted by atomic mass is 10.2. The van der Waals surface area contributed by atoms with Crippen molar-refractivity contribution in [3.05, 3.63) is 30.1 Å². The predicted molar refractivity (Wildman–Crippen MR) is 89.3 cm³/mol. The molecule has 2 rings (SSSR count). The van der Waals surface area contributed by atoms with Gasteiger partial charge in [-0.1, -0.05) is 0 Å². The first-order valence-corrected chi connectivity index (χ1v) is 8.05. The van der Waals surface area contributed by atoms with Crippen molar-refractivity contribution in [1.82, 2.24) is 10.2 Å². The van der Waals surface area contributed by atoms with Crippen LogP contribution in [0.5, 0.6) is 0 Å². The summed E-state index contributed by atoms with van der Waals surface area (Å²) in [5.74, 6) is -0.901. The maximum atomic E-state index is 13.0. The monoisotopic (exact) mass is 337 g/mol. The summed E-state index contributed by atoms with van der Waals surface area (Å²) in [7, 11) is 1.29. The third-order valence-electron chi connectivity index (χ3n) is 4.35. The van der Waals surface area contributed by atoms with Crippen molar-refractivity contribution in [3.63, 3.8) is 0 Å². The molecular weight excluding hydrogens is 313 g/mol. The normalized spacial score (nSPS) is 17.9. The molecule has 2 atom stereocenters. The van der Waals surface area contributed by atoms with Gasteiger partial charge in [0.2, 0.25) is 5.91 Å². The van der Waals surface area contributed by atoms with Gasteiger partial charge in [-0.15, -0.1) is 0 Å². The van der Waals surface area contributed by atoms with Crippen LogP contribution in [0.25, 0.3) is 0 Å². The molecule has 1 aromatic rings. The van der Waals surface area contributed by atoms with Crippen molar-refractivity contribution < 1.29 is 18.7 Å². The molecule has 0 radical (unpaired) electrons. The van der Waals surface area contributed by atoms with Crippen LogP contribution in [-0.4, -0.2) is 62.1 Å². The first-order chi connectivity index (χ1) is 11.4. The number of carbonyl (C=O) groups excluding carboxylic acids is 2. The summed E-state index contributed by atoms with van der Waals surface area (Å²) in [4.78, 5) is 27.9. The highest BCUT2D eigenvalue weighted by Crippen LogP contribution is 2.17. The molecule has 24 heavy (non-hydrogen) atoms. The predicted octanol–water partition coefficient (Wildman–Crippen LogP) is 1.01. The van der Waals surface area contributed by atoms with Crippen LogP contribution >= 0.6 is 0 Å². The van der Waals surface area contributed by atoms with Crippen molar-refractivity contribution >= 4 is 17.6 Å². The number of rotatable bonds is 5. The summed E-state index contributed by atoms with van der Waals surface area (Å²) in [5, 5.41) is 2.67. The van der Waals surface area contributed by atoms with Gasteiger partial charge in [-0.3, -0.25) is 9.69 Å². The minimum atomic E-state index is -0.662. The van der Waals surface area contributed by atoms with Crippen LogP contribution in [0.1, 0.15) is 13.8 Å². The molecule has 132 valence electrons. The molecule has 0 aromatic heterocycles. The Morgan fingerprint density at radius 1 is 1.12 bits per heavy atom. The zero-order valence-electron chi connectivity index (χ0n) is 14.3. The van der Waals surface area contributed by atoms with E-state index in [2.05, 4.69) is 19.9 Å². The average molecular weight is 337 g/mol. The van der Waals surface area contributed by atoms with Gasteiger partial charge in [-0.05, 0) is 38.1 Å². The number of nitrogens with zero attached hydrogens (tertiary/aromatic N) is 2. The van der Waals surface area contributed by atoms with E-state index < -0.39 is 12.0 Å². The van der Waals surface area contributed by atoms with E-state index in [1.807, 2.05) is 6.92 Å². The average Bonchev–Trinajstić information content (AvgIpc) is 2.61. The second-order valence-electron chi connectivity index (χ2n) is 5.93. The van der Waals surface area contributed by atoms with E-state index in [1.54, 1.807) is 19.1 Å². The summed E-state index contributed by atoms with van der Waals surface area (Å²) in [6.45, 7) is 6.39. The number of nitrogens with one attached hydrogen (secondary N) is 1. The molecule has 1 amide bonds. The SMILES string of the molecule is COC(=O)[C@@H](C)NC(=O)C(C)N1CCN(c2ccc(F)cc2)CC1. The van der Waals surface area contributed by atoms with Crippen LogP contribution in [0.15, 0.2) is 24.3 Å². The van der Waals surface area contributed by atoms with Gasteiger partial charge in [-0.2, -0.15) is 0 Å². The van der Waals surface area contributed by atoms with Crippen molar-refractivity contribution in [3.8, 4) is 0 Å². The number of methoxy groups -OCH3 is 1. The lowest BCUT2D eigenvalue weighted by molar-refractivity contribution is -0.145. The fourth-order valence-electron chi connectivity index (χ4n) is 2.75. The Bertz CT molecular complexity index is 571. The topological polar surface area (TPSA) is 61.9 Å². The number of ether oxygens (including phenoxy) is 1. The molecular formula is C17H24FN3O3. The minimum Gasteiger partial charge on any atom is -0.467 e. The van der Waals surface area contributed by atoms with E-state index in [-0.39, 0.29) is 17.8 Å². The van der Waals surface area contributed by atoms with E-state index in [4.69, 9.17) is 0 Å². The number of halogens is 1. The number of esters is 1. The first kappa shape index (κ1) is 18.2. The van der Waals surface area contributed by atoms with E-state index >= 15 is 0 Å². The van der Waals surface area contributed by atoms with Gasteiger partial charge in [0.15, 0.2) is 0 Å². The molecule has 0 aliphatic carbocycles. The van der Waals surface area contributed by atoms with Crippen molar-refractivity contribution in [1.29, 1.82) is 0 Å². The maximum Gasteiger partial charge on any atom is 0.328 e. The largest absolute Gasteiger partial charge is 0.467 e. The highest BCUT2D eigenvalue weighted by atomic mass is 19.1. The van der Waals surface area contributed by atoms with Crippen LogP contribution in [0.2, 0.25) is 0 Å². The second kappa shape index (κ2) is 8.10. The number of piperazine rings is 1. The van der Waals surface area contributed by atoms with Crippen molar-refractivity contribution in [2.75, 3.05) is 38.2 Å². The molecule has 6 nitrogen and oxygen atoms in total.